The van der Waals surface area contributed by atoms with Crippen LogP contribution < -0.4 is 5.32 Å². The van der Waals surface area contributed by atoms with Crippen LogP contribution in [-0.2, 0) is 0 Å². The van der Waals surface area contributed by atoms with Crippen molar-refractivity contribution in [3.8, 4) is 6.07 Å². The van der Waals surface area contributed by atoms with Gasteiger partial charge >= 0.3 is 0 Å². The average molecular weight is 342 g/mol. The van der Waals surface area contributed by atoms with Crippen molar-refractivity contribution in [1.82, 2.24) is 0 Å². The largest absolute Gasteiger partial charge is 0.377 e. The molecule has 0 amide bonds. The van der Waals surface area contributed by atoms with Gasteiger partial charge in [0.15, 0.2) is 0 Å². The van der Waals surface area contributed by atoms with Gasteiger partial charge in [-0.15, -0.1) is 11.3 Å². The van der Waals surface area contributed by atoms with E-state index in [-0.39, 0.29) is 6.04 Å². The molecule has 0 spiro atoms. The minimum absolute atomic E-state index is 0.173. The number of thiophene rings is 1. The van der Waals surface area contributed by atoms with Gasteiger partial charge in [-0.05, 0) is 53.2 Å². The Bertz CT molecular complexity index is 603. The summed E-state index contributed by atoms with van der Waals surface area (Å²) in [5, 5.41) is 12.7. The lowest BCUT2D eigenvalue weighted by molar-refractivity contribution is 0.908. The highest BCUT2D eigenvalue weighted by atomic mass is 79.9. The SMILES string of the molecule is CC(Nc1ccc(C#N)cc1Cl)c1ccc(Br)s1. The monoisotopic (exact) mass is 340 g/mol. The third kappa shape index (κ3) is 3.05. The van der Waals surface area contributed by atoms with Gasteiger partial charge in [0.25, 0.3) is 0 Å². The number of anilines is 1. The number of halogens is 2. The third-order valence-electron chi connectivity index (χ3n) is 2.49. The Hall–Kier alpha value is -1.02. The molecule has 0 radical (unpaired) electrons. The van der Waals surface area contributed by atoms with Crippen LogP contribution in [0.2, 0.25) is 5.02 Å². The first-order valence-electron chi connectivity index (χ1n) is 5.31. The van der Waals surface area contributed by atoms with Crippen LogP contribution in [0.5, 0.6) is 0 Å². The molecule has 1 unspecified atom stereocenters. The smallest absolute Gasteiger partial charge is 0.0992 e. The highest BCUT2D eigenvalue weighted by molar-refractivity contribution is 9.11. The molecular weight excluding hydrogens is 332 g/mol. The van der Waals surface area contributed by atoms with Crippen molar-refractivity contribution in [1.29, 1.82) is 5.26 Å². The summed E-state index contributed by atoms with van der Waals surface area (Å²) in [4.78, 5) is 1.22. The highest BCUT2D eigenvalue weighted by Crippen LogP contribution is 2.31. The van der Waals surface area contributed by atoms with Crippen LogP contribution in [0.4, 0.5) is 5.69 Å². The number of nitrogens with zero attached hydrogens (tertiary/aromatic N) is 1. The molecule has 2 nitrogen and oxygen atoms in total. The number of nitriles is 1. The zero-order valence-electron chi connectivity index (χ0n) is 9.58. The lowest BCUT2D eigenvalue weighted by Crippen LogP contribution is -2.05. The molecule has 1 aromatic carbocycles. The van der Waals surface area contributed by atoms with Crippen LogP contribution in [0.25, 0.3) is 0 Å². The number of benzene rings is 1. The second-order valence-electron chi connectivity index (χ2n) is 3.81. The number of rotatable bonds is 3. The van der Waals surface area contributed by atoms with E-state index in [4.69, 9.17) is 16.9 Å². The molecule has 18 heavy (non-hydrogen) atoms. The number of nitrogens with one attached hydrogen (secondary N) is 1. The Morgan fingerprint density at radius 1 is 1.39 bits per heavy atom. The zero-order valence-corrected chi connectivity index (χ0v) is 12.7. The van der Waals surface area contributed by atoms with Crippen molar-refractivity contribution >= 4 is 44.6 Å². The summed E-state index contributed by atoms with van der Waals surface area (Å²) in [6.07, 6.45) is 0. The summed E-state index contributed by atoms with van der Waals surface area (Å²) < 4.78 is 1.11. The minimum atomic E-state index is 0.173. The zero-order chi connectivity index (χ0) is 13.1. The van der Waals surface area contributed by atoms with Crippen LogP contribution >= 0.6 is 38.9 Å². The Morgan fingerprint density at radius 2 is 2.17 bits per heavy atom. The Labute approximate surface area is 123 Å². The first kappa shape index (κ1) is 13.4. The summed E-state index contributed by atoms with van der Waals surface area (Å²) >= 11 is 11.3. The highest BCUT2D eigenvalue weighted by Gasteiger charge is 2.10. The summed E-state index contributed by atoms with van der Waals surface area (Å²) in [7, 11) is 0. The summed E-state index contributed by atoms with van der Waals surface area (Å²) in [6.45, 7) is 2.08. The van der Waals surface area contributed by atoms with Crippen molar-refractivity contribution in [2.24, 2.45) is 0 Å². The lowest BCUT2D eigenvalue weighted by Gasteiger charge is -2.15. The maximum atomic E-state index is 8.78. The van der Waals surface area contributed by atoms with E-state index in [1.54, 1.807) is 23.5 Å². The fraction of sp³-hybridized carbons (Fsp3) is 0.154. The Morgan fingerprint density at radius 3 is 2.72 bits per heavy atom. The van der Waals surface area contributed by atoms with Crippen LogP contribution in [0, 0.1) is 11.3 Å². The number of hydrogen-bond acceptors (Lipinski definition) is 3. The van der Waals surface area contributed by atoms with Gasteiger partial charge < -0.3 is 5.32 Å². The van der Waals surface area contributed by atoms with Crippen molar-refractivity contribution in [2.45, 2.75) is 13.0 Å². The molecule has 1 heterocycles. The van der Waals surface area contributed by atoms with Gasteiger partial charge in [0.1, 0.15) is 0 Å². The van der Waals surface area contributed by atoms with E-state index in [0.29, 0.717) is 10.6 Å². The van der Waals surface area contributed by atoms with Gasteiger partial charge in [-0.3, -0.25) is 0 Å². The van der Waals surface area contributed by atoms with Crippen LogP contribution in [-0.4, -0.2) is 0 Å². The van der Waals surface area contributed by atoms with Gasteiger partial charge in [0, 0.05) is 4.88 Å². The molecule has 2 rings (SSSR count). The molecule has 0 aliphatic heterocycles. The van der Waals surface area contributed by atoms with E-state index in [1.807, 2.05) is 12.1 Å². The second kappa shape index (κ2) is 5.75. The van der Waals surface area contributed by atoms with Crippen molar-refractivity contribution in [2.75, 3.05) is 5.32 Å². The van der Waals surface area contributed by atoms with Crippen LogP contribution in [0.3, 0.4) is 0 Å². The fourth-order valence-electron chi connectivity index (χ4n) is 1.57. The molecule has 0 saturated heterocycles. The normalized spacial score (nSPS) is 11.9. The van der Waals surface area contributed by atoms with Gasteiger partial charge in [0.2, 0.25) is 0 Å². The second-order valence-corrected chi connectivity index (χ2v) is 6.72. The van der Waals surface area contributed by atoms with E-state index < -0.39 is 0 Å². The van der Waals surface area contributed by atoms with Gasteiger partial charge in [-0.1, -0.05) is 11.6 Å². The van der Waals surface area contributed by atoms with E-state index in [1.165, 1.54) is 4.88 Å². The predicted molar refractivity (Wildman–Crippen MR) is 80.2 cm³/mol. The molecule has 5 heteroatoms. The number of hydrogen-bond donors (Lipinski definition) is 1. The maximum absolute atomic E-state index is 8.78. The summed E-state index contributed by atoms with van der Waals surface area (Å²) in [6, 6.07) is 11.6. The van der Waals surface area contributed by atoms with Gasteiger partial charge in [-0.2, -0.15) is 5.26 Å². The molecular formula is C13H10BrClN2S. The first-order valence-corrected chi connectivity index (χ1v) is 7.30. The molecule has 0 saturated carbocycles. The summed E-state index contributed by atoms with van der Waals surface area (Å²) in [5.74, 6) is 0. The topological polar surface area (TPSA) is 35.8 Å². The molecule has 2 aromatic rings. The lowest BCUT2D eigenvalue weighted by atomic mass is 10.2. The molecule has 0 fully saturated rings. The molecule has 1 aromatic heterocycles. The predicted octanol–water partition coefficient (Wildman–Crippen LogP) is 5.21. The third-order valence-corrected chi connectivity index (χ3v) is 4.61. The van der Waals surface area contributed by atoms with Crippen molar-refractivity contribution in [3.63, 3.8) is 0 Å². The molecule has 1 N–H and O–H groups in total. The maximum Gasteiger partial charge on any atom is 0.0992 e. The minimum Gasteiger partial charge on any atom is -0.377 e. The van der Waals surface area contributed by atoms with Crippen LogP contribution in [0.1, 0.15) is 23.4 Å². The standard InChI is InChI=1S/C13H10BrClN2S/c1-8(12-4-5-13(14)18-12)17-11-3-2-9(7-16)6-10(11)15/h2-6,8,17H,1H3. The van der Waals surface area contributed by atoms with Crippen molar-refractivity contribution in [3.05, 3.63) is 49.6 Å². The molecule has 0 aliphatic rings. The summed E-state index contributed by atoms with van der Waals surface area (Å²) in [5.41, 5.74) is 1.41. The Balaban J connectivity index is 2.17. The molecule has 92 valence electrons. The van der Waals surface area contributed by atoms with Gasteiger partial charge in [0.05, 0.1) is 32.2 Å². The first-order chi connectivity index (χ1) is 8.60. The van der Waals surface area contributed by atoms with E-state index in [9.17, 15) is 0 Å². The van der Waals surface area contributed by atoms with E-state index >= 15 is 0 Å². The molecule has 1 atom stereocenters. The quantitative estimate of drug-likeness (QED) is 0.832. The van der Waals surface area contributed by atoms with E-state index in [0.717, 1.165) is 9.47 Å². The van der Waals surface area contributed by atoms with Crippen LogP contribution in [0.15, 0.2) is 34.1 Å². The van der Waals surface area contributed by atoms with E-state index in [2.05, 4.69) is 40.3 Å². The molecule has 0 aliphatic carbocycles. The Kier molecular flexibility index (Phi) is 4.28. The average Bonchev–Trinajstić information content (AvgIpc) is 2.78. The fourth-order valence-corrected chi connectivity index (χ4v) is 3.23. The van der Waals surface area contributed by atoms with Gasteiger partial charge in [-0.25, -0.2) is 0 Å². The molecule has 0 bridgehead atoms. The van der Waals surface area contributed by atoms with Crippen molar-refractivity contribution < 1.29 is 0 Å².